The number of methoxy groups -OCH3 is 1. The van der Waals surface area contributed by atoms with E-state index >= 15 is 0 Å². The normalized spacial score (nSPS) is 8.27. The number of nitro benzene ring substituents is 1. The van der Waals surface area contributed by atoms with Gasteiger partial charge in [-0.2, -0.15) is 5.26 Å². The summed E-state index contributed by atoms with van der Waals surface area (Å²) in [5.41, 5.74) is 0.374. The number of nitrogens with zero attached hydrogens (tertiary/aromatic N) is 2. The Hall–Kier alpha value is -2.53. The van der Waals surface area contributed by atoms with E-state index in [-0.39, 0.29) is 11.4 Å². The minimum absolute atomic E-state index is 0.0747. The third-order valence-electron chi connectivity index (χ3n) is 1.65. The van der Waals surface area contributed by atoms with Gasteiger partial charge in [0.15, 0.2) is 6.07 Å². The minimum Gasteiger partial charge on any atom is -0.495 e. The molecule has 0 heterocycles. The van der Waals surface area contributed by atoms with E-state index in [4.69, 9.17) is 10.00 Å². The van der Waals surface area contributed by atoms with E-state index in [9.17, 15) is 10.1 Å². The van der Waals surface area contributed by atoms with Gasteiger partial charge in [-0.3, -0.25) is 10.1 Å². The van der Waals surface area contributed by atoms with Crippen LogP contribution in [0.15, 0.2) is 18.2 Å². The largest absolute Gasteiger partial charge is 0.495 e. The summed E-state index contributed by atoms with van der Waals surface area (Å²) in [6.45, 7) is 0. The van der Waals surface area contributed by atoms with Crippen LogP contribution in [0.5, 0.6) is 5.75 Å². The topological polar surface area (TPSA) is 76.2 Å². The molecule has 5 nitrogen and oxygen atoms in total. The molecule has 0 saturated heterocycles. The third-order valence-corrected chi connectivity index (χ3v) is 1.65. The Morgan fingerprint density at radius 3 is 2.80 bits per heavy atom. The molecule has 0 aromatic heterocycles. The fourth-order valence-corrected chi connectivity index (χ4v) is 0.992. The second-order valence-electron chi connectivity index (χ2n) is 2.50. The van der Waals surface area contributed by atoms with Gasteiger partial charge in [-0.05, 0) is 12.0 Å². The molecule has 0 fully saturated rings. The number of nitriles is 1. The molecule has 0 N–H and O–H groups in total. The van der Waals surface area contributed by atoms with Gasteiger partial charge in [-0.25, -0.2) is 0 Å². The fourth-order valence-electron chi connectivity index (χ4n) is 0.992. The SMILES string of the molecule is COc1cc([N+](=O)[O-])ccc1C#CC#N. The Balaban J connectivity index is 3.22. The van der Waals surface area contributed by atoms with E-state index in [2.05, 4.69) is 11.8 Å². The van der Waals surface area contributed by atoms with E-state index in [1.165, 1.54) is 25.3 Å². The number of hydrogen-bond donors (Lipinski definition) is 0. The predicted octanol–water partition coefficient (Wildman–Crippen LogP) is 1.48. The summed E-state index contributed by atoms with van der Waals surface area (Å²) < 4.78 is 4.92. The van der Waals surface area contributed by atoms with Crippen LogP contribution in [0, 0.1) is 33.3 Å². The maximum Gasteiger partial charge on any atom is 0.273 e. The highest BCUT2D eigenvalue weighted by Crippen LogP contribution is 2.23. The molecule has 0 unspecified atom stereocenters. The zero-order valence-electron chi connectivity index (χ0n) is 7.85. The quantitative estimate of drug-likeness (QED) is 0.413. The number of nitro groups is 1. The molecular formula is C10H6N2O3. The van der Waals surface area contributed by atoms with E-state index in [0.717, 1.165) is 0 Å². The molecule has 15 heavy (non-hydrogen) atoms. The summed E-state index contributed by atoms with van der Waals surface area (Å²) >= 11 is 0. The van der Waals surface area contributed by atoms with Crippen LogP contribution in [0.2, 0.25) is 0 Å². The minimum atomic E-state index is -0.524. The van der Waals surface area contributed by atoms with Crippen LogP contribution in [0.3, 0.4) is 0 Å². The van der Waals surface area contributed by atoms with Crippen LogP contribution in [-0.4, -0.2) is 12.0 Å². The lowest BCUT2D eigenvalue weighted by molar-refractivity contribution is -0.384. The molecular weight excluding hydrogens is 196 g/mol. The highest BCUT2D eigenvalue weighted by atomic mass is 16.6. The van der Waals surface area contributed by atoms with Crippen molar-refractivity contribution in [3.63, 3.8) is 0 Å². The Morgan fingerprint density at radius 2 is 2.27 bits per heavy atom. The van der Waals surface area contributed by atoms with Crippen molar-refractivity contribution in [3.05, 3.63) is 33.9 Å². The summed E-state index contributed by atoms with van der Waals surface area (Å²) in [5.74, 6) is 5.00. The maximum absolute atomic E-state index is 10.5. The summed E-state index contributed by atoms with van der Waals surface area (Å²) in [6.07, 6.45) is 0. The van der Waals surface area contributed by atoms with Crippen molar-refractivity contribution in [1.82, 2.24) is 0 Å². The lowest BCUT2D eigenvalue weighted by Gasteiger charge is -2.01. The molecule has 0 amide bonds. The first kappa shape index (κ1) is 10.6. The summed E-state index contributed by atoms with van der Waals surface area (Å²) in [4.78, 5) is 9.93. The Bertz CT molecular complexity index is 492. The van der Waals surface area contributed by atoms with E-state index in [1.54, 1.807) is 6.07 Å². The van der Waals surface area contributed by atoms with E-state index < -0.39 is 4.92 Å². The molecule has 5 heteroatoms. The summed E-state index contributed by atoms with van der Waals surface area (Å²) in [5, 5.41) is 18.7. The molecule has 0 aliphatic carbocycles. The fraction of sp³-hybridized carbons (Fsp3) is 0.100. The molecule has 1 aromatic rings. The highest BCUT2D eigenvalue weighted by molar-refractivity contribution is 5.52. The number of rotatable bonds is 2. The summed E-state index contributed by atoms with van der Waals surface area (Å²) in [7, 11) is 1.39. The van der Waals surface area contributed by atoms with Crippen molar-refractivity contribution in [3.8, 4) is 23.7 Å². The Morgan fingerprint density at radius 1 is 1.53 bits per heavy atom. The van der Waals surface area contributed by atoms with Gasteiger partial charge in [0.2, 0.25) is 0 Å². The molecule has 0 radical (unpaired) electrons. The van der Waals surface area contributed by atoms with Crippen LogP contribution < -0.4 is 4.74 Å². The van der Waals surface area contributed by atoms with Crippen molar-refractivity contribution in [2.75, 3.05) is 7.11 Å². The number of ether oxygens (including phenoxy) is 1. The van der Waals surface area contributed by atoms with Gasteiger partial charge in [0, 0.05) is 12.0 Å². The zero-order valence-corrected chi connectivity index (χ0v) is 7.85. The van der Waals surface area contributed by atoms with Crippen LogP contribution in [0.4, 0.5) is 5.69 Å². The summed E-state index contributed by atoms with van der Waals surface area (Å²) in [6, 6.07) is 5.67. The van der Waals surface area contributed by atoms with Crippen LogP contribution in [-0.2, 0) is 0 Å². The Kier molecular flexibility index (Phi) is 3.26. The maximum atomic E-state index is 10.5. The first-order valence-corrected chi connectivity index (χ1v) is 3.91. The van der Waals surface area contributed by atoms with E-state index in [1.807, 2.05) is 0 Å². The zero-order chi connectivity index (χ0) is 11.3. The average molecular weight is 202 g/mol. The van der Waals surface area contributed by atoms with Crippen molar-refractivity contribution < 1.29 is 9.66 Å². The van der Waals surface area contributed by atoms with E-state index in [0.29, 0.717) is 5.56 Å². The van der Waals surface area contributed by atoms with Crippen LogP contribution >= 0.6 is 0 Å². The molecule has 1 aromatic carbocycles. The van der Waals surface area contributed by atoms with Crippen molar-refractivity contribution in [2.45, 2.75) is 0 Å². The van der Waals surface area contributed by atoms with Crippen LogP contribution in [0.1, 0.15) is 5.56 Å². The van der Waals surface area contributed by atoms with Gasteiger partial charge >= 0.3 is 0 Å². The lowest BCUT2D eigenvalue weighted by Crippen LogP contribution is -1.92. The lowest BCUT2D eigenvalue weighted by atomic mass is 10.2. The monoisotopic (exact) mass is 202 g/mol. The first-order valence-electron chi connectivity index (χ1n) is 3.91. The smallest absolute Gasteiger partial charge is 0.273 e. The van der Waals surface area contributed by atoms with Gasteiger partial charge in [-0.1, -0.05) is 0 Å². The molecule has 0 bridgehead atoms. The van der Waals surface area contributed by atoms with Crippen molar-refractivity contribution >= 4 is 5.69 Å². The number of benzene rings is 1. The standard InChI is InChI=1S/C10H6N2O3/c1-15-10-7-9(12(13)14)5-4-8(10)3-2-6-11/h4-5,7H,1H3. The molecule has 0 atom stereocenters. The van der Waals surface area contributed by atoms with Gasteiger partial charge < -0.3 is 4.74 Å². The van der Waals surface area contributed by atoms with Gasteiger partial charge in [0.1, 0.15) is 5.75 Å². The molecule has 0 spiro atoms. The molecule has 0 aliphatic rings. The molecule has 0 aliphatic heterocycles. The molecule has 1 rings (SSSR count). The highest BCUT2D eigenvalue weighted by Gasteiger charge is 2.09. The molecule has 0 saturated carbocycles. The van der Waals surface area contributed by atoms with Crippen molar-refractivity contribution in [2.24, 2.45) is 0 Å². The van der Waals surface area contributed by atoms with Gasteiger partial charge in [0.05, 0.1) is 23.7 Å². The Labute approximate surface area is 86.0 Å². The first-order chi connectivity index (χ1) is 7.19. The third kappa shape index (κ3) is 2.45. The molecule has 74 valence electrons. The number of hydrogen-bond acceptors (Lipinski definition) is 4. The predicted molar refractivity (Wildman–Crippen MR) is 52.1 cm³/mol. The van der Waals surface area contributed by atoms with Crippen molar-refractivity contribution in [1.29, 1.82) is 5.26 Å². The van der Waals surface area contributed by atoms with Gasteiger partial charge in [-0.15, -0.1) is 0 Å². The average Bonchev–Trinajstić information content (AvgIpc) is 2.25. The second kappa shape index (κ2) is 4.64. The van der Waals surface area contributed by atoms with Crippen LogP contribution in [0.25, 0.3) is 0 Å². The second-order valence-corrected chi connectivity index (χ2v) is 2.50. The van der Waals surface area contributed by atoms with Gasteiger partial charge in [0.25, 0.3) is 5.69 Å². The number of non-ortho nitro benzene ring substituents is 1.